The highest BCUT2D eigenvalue weighted by atomic mass is 16.2. The molecule has 16 heavy (non-hydrogen) atoms. The molecule has 1 atom stereocenters. The Balaban J connectivity index is 2.29. The lowest BCUT2D eigenvalue weighted by molar-refractivity contribution is -0.117. The summed E-state index contributed by atoms with van der Waals surface area (Å²) in [5.41, 5.74) is 2.64. The van der Waals surface area contributed by atoms with Crippen molar-refractivity contribution in [2.45, 2.75) is 13.0 Å². The largest absolute Gasteiger partial charge is 0.341 e. The van der Waals surface area contributed by atoms with Gasteiger partial charge in [0.25, 0.3) is 5.91 Å². The van der Waals surface area contributed by atoms with E-state index in [1.165, 1.54) is 7.05 Å². The molecule has 0 radical (unpaired) electrons. The number of aryl methyl sites for hydroxylation is 1. The van der Waals surface area contributed by atoms with Crippen molar-refractivity contribution in [1.29, 1.82) is 0 Å². The molecule has 5 heteroatoms. The fourth-order valence-electron chi connectivity index (χ4n) is 1.72. The molecule has 0 aromatic heterocycles. The van der Waals surface area contributed by atoms with E-state index in [1.54, 1.807) is 0 Å². The first-order valence-corrected chi connectivity index (χ1v) is 5.01. The number of amides is 3. The van der Waals surface area contributed by atoms with E-state index in [0.29, 0.717) is 0 Å². The van der Waals surface area contributed by atoms with Crippen LogP contribution in [-0.2, 0) is 4.79 Å². The Hall–Kier alpha value is -2.04. The first kappa shape index (κ1) is 10.5. The number of hydrogen-bond donors (Lipinski definition) is 3. The van der Waals surface area contributed by atoms with Crippen LogP contribution in [0.1, 0.15) is 17.2 Å². The molecule has 1 unspecified atom stereocenters. The Morgan fingerprint density at radius 3 is 2.88 bits per heavy atom. The van der Waals surface area contributed by atoms with Crippen LogP contribution in [0.15, 0.2) is 18.2 Å². The van der Waals surface area contributed by atoms with Crippen molar-refractivity contribution in [3.63, 3.8) is 0 Å². The van der Waals surface area contributed by atoms with Gasteiger partial charge < -0.3 is 16.0 Å². The number of hydrogen-bond acceptors (Lipinski definition) is 2. The minimum absolute atomic E-state index is 0.204. The summed E-state index contributed by atoms with van der Waals surface area (Å²) in [6.07, 6.45) is 0. The standard InChI is InChI=1S/C11H13N3O2/c1-6-3-4-7-8(5-6)13-10(15)9(7)14-11(16)12-2/h3-5,9H,1-2H3,(H,13,15)(H2,12,14,16). The van der Waals surface area contributed by atoms with Gasteiger partial charge in [0.2, 0.25) is 0 Å². The lowest BCUT2D eigenvalue weighted by Gasteiger charge is -2.10. The van der Waals surface area contributed by atoms with Crippen molar-refractivity contribution in [1.82, 2.24) is 10.6 Å². The predicted octanol–water partition coefficient (Wildman–Crippen LogP) is 0.917. The molecule has 84 valence electrons. The SMILES string of the molecule is CNC(=O)NC1C(=O)Nc2cc(C)ccc21. The van der Waals surface area contributed by atoms with Gasteiger partial charge >= 0.3 is 6.03 Å². The third-order valence-corrected chi connectivity index (χ3v) is 2.54. The smallest absolute Gasteiger partial charge is 0.315 e. The maximum absolute atomic E-state index is 11.6. The van der Waals surface area contributed by atoms with Gasteiger partial charge in [-0.1, -0.05) is 12.1 Å². The zero-order valence-corrected chi connectivity index (χ0v) is 9.13. The van der Waals surface area contributed by atoms with Crippen molar-refractivity contribution in [2.24, 2.45) is 0 Å². The van der Waals surface area contributed by atoms with Crippen LogP contribution in [-0.4, -0.2) is 19.0 Å². The van der Waals surface area contributed by atoms with Gasteiger partial charge in [-0.2, -0.15) is 0 Å². The molecular formula is C11H13N3O2. The first-order chi connectivity index (χ1) is 7.61. The maximum atomic E-state index is 11.6. The first-order valence-electron chi connectivity index (χ1n) is 5.01. The van der Waals surface area contributed by atoms with Crippen LogP contribution < -0.4 is 16.0 Å². The fraction of sp³-hybridized carbons (Fsp3) is 0.273. The second kappa shape index (κ2) is 3.84. The second-order valence-corrected chi connectivity index (χ2v) is 3.74. The topological polar surface area (TPSA) is 70.2 Å². The quantitative estimate of drug-likeness (QED) is 0.657. The summed E-state index contributed by atoms with van der Waals surface area (Å²) in [6.45, 7) is 1.95. The lowest BCUT2D eigenvalue weighted by Crippen LogP contribution is -2.38. The summed E-state index contributed by atoms with van der Waals surface area (Å²) in [5, 5.41) is 7.75. The summed E-state index contributed by atoms with van der Waals surface area (Å²) in [6, 6.07) is 4.68. The van der Waals surface area contributed by atoms with E-state index in [-0.39, 0.29) is 11.9 Å². The molecule has 1 aromatic carbocycles. The summed E-state index contributed by atoms with van der Waals surface area (Å²) in [4.78, 5) is 22.8. The van der Waals surface area contributed by atoms with Crippen LogP contribution in [0.4, 0.5) is 10.5 Å². The molecule has 0 saturated heterocycles. The number of carbonyl (C=O) groups is 2. The third kappa shape index (κ3) is 1.71. The molecule has 1 aromatic rings. The predicted molar refractivity (Wildman–Crippen MR) is 60.1 cm³/mol. The Morgan fingerprint density at radius 1 is 1.44 bits per heavy atom. The highest BCUT2D eigenvalue weighted by Crippen LogP contribution is 2.31. The summed E-state index contributed by atoms with van der Waals surface area (Å²) in [5.74, 6) is -0.204. The molecule has 0 bridgehead atoms. The minimum atomic E-state index is -0.601. The number of benzene rings is 1. The van der Waals surface area contributed by atoms with Crippen molar-refractivity contribution in [2.75, 3.05) is 12.4 Å². The van der Waals surface area contributed by atoms with Gasteiger partial charge in [-0.05, 0) is 18.6 Å². The molecule has 2 rings (SSSR count). The summed E-state index contributed by atoms with van der Waals surface area (Å²) >= 11 is 0. The molecule has 1 aliphatic rings. The normalized spacial score (nSPS) is 17.6. The van der Waals surface area contributed by atoms with E-state index >= 15 is 0 Å². The number of nitrogens with one attached hydrogen (secondary N) is 3. The zero-order chi connectivity index (χ0) is 11.7. The number of urea groups is 1. The van der Waals surface area contributed by atoms with Crippen molar-refractivity contribution in [3.8, 4) is 0 Å². The van der Waals surface area contributed by atoms with E-state index in [2.05, 4.69) is 16.0 Å². The molecule has 1 aliphatic heterocycles. The van der Waals surface area contributed by atoms with Gasteiger partial charge in [0.1, 0.15) is 6.04 Å². The van der Waals surface area contributed by atoms with E-state index in [0.717, 1.165) is 16.8 Å². The molecule has 3 amide bonds. The number of fused-ring (bicyclic) bond motifs is 1. The molecular weight excluding hydrogens is 206 g/mol. The summed E-state index contributed by atoms with van der Waals surface area (Å²) < 4.78 is 0. The van der Waals surface area contributed by atoms with Crippen molar-refractivity contribution in [3.05, 3.63) is 29.3 Å². The van der Waals surface area contributed by atoms with E-state index < -0.39 is 6.04 Å². The summed E-state index contributed by atoms with van der Waals surface area (Å²) in [7, 11) is 1.51. The number of anilines is 1. The average molecular weight is 219 g/mol. The zero-order valence-electron chi connectivity index (χ0n) is 9.13. The molecule has 0 fully saturated rings. The van der Waals surface area contributed by atoms with Gasteiger partial charge in [0.15, 0.2) is 0 Å². The lowest BCUT2D eigenvalue weighted by atomic mass is 10.1. The average Bonchev–Trinajstić information content (AvgIpc) is 2.54. The Kier molecular flexibility index (Phi) is 2.52. The van der Waals surface area contributed by atoms with Crippen LogP contribution in [0.25, 0.3) is 0 Å². The molecule has 0 aliphatic carbocycles. The Labute approximate surface area is 93.2 Å². The van der Waals surface area contributed by atoms with Crippen LogP contribution in [0.5, 0.6) is 0 Å². The highest BCUT2D eigenvalue weighted by molar-refractivity contribution is 6.04. The maximum Gasteiger partial charge on any atom is 0.315 e. The highest BCUT2D eigenvalue weighted by Gasteiger charge is 2.31. The Bertz CT molecular complexity index is 457. The van der Waals surface area contributed by atoms with Gasteiger partial charge in [0.05, 0.1) is 0 Å². The fourth-order valence-corrected chi connectivity index (χ4v) is 1.72. The third-order valence-electron chi connectivity index (χ3n) is 2.54. The second-order valence-electron chi connectivity index (χ2n) is 3.74. The number of carbonyl (C=O) groups excluding carboxylic acids is 2. The van der Waals surface area contributed by atoms with Crippen molar-refractivity contribution < 1.29 is 9.59 Å². The van der Waals surface area contributed by atoms with E-state index in [4.69, 9.17) is 0 Å². The molecule has 0 spiro atoms. The monoisotopic (exact) mass is 219 g/mol. The van der Waals surface area contributed by atoms with Crippen LogP contribution in [0, 0.1) is 6.92 Å². The van der Waals surface area contributed by atoms with E-state index in [9.17, 15) is 9.59 Å². The van der Waals surface area contributed by atoms with Gasteiger partial charge in [-0.15, -0.1) is 0 Å². The molecule has 0 saturated carbocycles. The number of rotatable bonds is 1. The Morgan fingerprint density at radius 2 is 2.19 bits per heavy atom. The molecule has 5 nitrogen and oxygen atoms in total. The van der Waals surface area contributed by atoms with Gasteiger partial charge in [0, 0.05) is 18.3 Å². The van der Waals surface area contributed by atoms with Gasteiger partial charge in [-0.25, -0.2) is 4.79 Å². The van der Waals surface area contributed by atoms with E-state index in [1.807, 2.05) is 25.1 Å². The molecule has 3 N–H and O–H groups in total. The van der Waals surface area contributed by atoms with Crippen LogP contribution >= 0.6 is 0 Å². The van der Waals surface area contributed by atoms with Crippen molar-refractivity contribution >= 4 is 17.6 Å². The minimum Gasteiger partial charge on any atom is -0.341 e. The van der Waals surface area contributed by atoms with Crippen LogP contribution in [0.2, 0.25) is 0 Å². The molecule has 1 heterocycles. The van der Waals surface area contributed by atoms with Crippen LogP contribution in [0.3, 0.4) is 0 Å². The van der Waals surface area contributed by atoms with Gasteiger partial charge in [-0.3, -0.25) is 4.79 Å².